The van der Waals surface area contributed by atoms with Gasteiger partial charge in [-0.05, 0) is 19.8 Å². The van der Waals surface area contributed by atoms with Gasteiger partial charge < -0.3 is 5.73 Å². The van der Waals surface area contributed by atoms with Crippen LogP contribution in [0.5, 0.6) is 0 Å². The Morgan fingerprint density at radius 3 is 2.92 bits per heavy atom. The highest BCUT2D eigenvalue weighted by Crippen LogP contribution is 2.38. The van der Waals surface area contributed by atoms with Crippen molar-refractivity contribution >= 4 is 11.3 Å². The Morgan fingerprint density at radius 1 is 1.77 bits per heavy atom. The number of hydrogen-bond acceptors (Lipinski definition) is 3. The zero-order chi connectivity index (χ0) is 9.47. The van der Waals surface area contributed by atoms with E-state index in [9.17, 15) is 4.39 Å². The normalized spacial score (nSPS) is 33.0. The number of halogens is 1. The fourth-order valence-corrected chi connectivity index (χ4v) is 2.68. The molecule has 0 spiro atoms. The third-order valence-corrected chi connectivity index (χ3v) is 3.36. The van der Waals surface area contributed by atoms with Crippen molar-refractivity contribution < 1.29 is 4.39 Å². The summed E-state index contributed by atoms with van der Waals surface area (Å²) in [7, 11) is 0. The van der Waals surface area contributed by atoms with Crippen molar-refractivity contribution in [1.29, 1.82) is 0 Å². The minimum atomic E-state index is -1.07. The molecular weight excluding hydrogens is 187 g/mol. The SMILES string of the molecule is Cc1csc(CC2(F)CC(N)C2)n1. The van der Waals surface area contributed by atoms with Gasteiger partial charge in [-0.25, -0.2) is 9.37 Å². The van der Waals surface area contributed by atoms with Gasteiger partial charge in [0.2, 0.25) is 0 Å². The maximum atomic E-state index is 13.7. The van der Waals surface area contributed by atoms with E-state index < -0.39 is 5.67 Å². The van der Waals surface area contributed by atoms with E-state index in [-0.39, 0.29) is 6.04 Å². The number of rotatable bonds is 2. The maximum absolute atomic E-state index is 13.7. The molecule has 2 rings (SSSR count). The molecule has 1 saturated carbocycles. The second-order valence-corrected chi connectivity index (χ2v) is 4.82. The molecule has 0 aliphatic heterocycles. The van der Waals surface area contributed by atoms with Gasteiger partial charge in [-0.1, -0.05) is 0 Å². The fourth-order valence-electron chi connectivity index (χ4n) is 1.78. The molecule has 4 heteroatoms. The summed E-state index contributed by atoms with van der Waals surface area (Å²) < 4.78 is 13.7. The van der Waals surface area contributed by atoms with Gasteiger partial charge in [0.25, 0.3) is 0 Å². The van der Waals surface area contributed by atoms with Crippen LogP contribution in [0.4, 0.5) is 4.39 Å². The summed E-state index contributed by atoms with van der Waals surface area (Å²) in [5.74, 6) is 0. The second-order valence-electron chi connectivity index (χ2n) is 3.88. The van der Waals surface area contributed by atoms with Crippen LogP contribution in [-0.4, -0.2) is 16.7 Å². The largest absolute Gasteiger partial charge is 0.327 e. The molecule has 1 aromatic rings. The molecule has 1 aromatic heterocycles. The quantitative estimate of drug-likeness (QED) is 0.791. The van der Waals surface area contributed by atoms with Gasteiger partial charge in [0.15, 0.2) is 0 Å². The van der Waals surface area contributed by atoms with Gasteiger partial charge in [0, 0.05) is 23.5 Å². The Morgan fingerprint density at radius 2 is 2.46 bits per heavy atom. The molecule has 1 heterocycles. The lowest BCUT2D eigenvalue weighted by molar-refractivity contribution is 0.0444. The van der Waals surface area contributed by atoms with E-state index in [2.05, 4.69) is 4.98 Å². The predicted octanol–water partition coefficient (Wildman–Crippen LogP) is 1.82. The minimum absolute atomic E-state index is 0.0612. The molecule has 0 atom stereocenters. The van der Waals surface area contributed by atoms with Gasteiger partial charge in [0.1, 0.15) is 5.67 Å². The van der Waals surface area contributed by atoms with E-state index in [4.69, 9.17) is 5.73 Å². The molecule has 13 heavy (non-hydrogen) atoms. The summed E-state index contributed by atoms with van der Waals surface area (Å²) in [5, 5.41) is 2.85. The molecule has 72 valence electrons. The first kappa shape index (κ1) is 9.09. The van der Waals surface area contributed by atoms with E-state index >= 15 is 0 Å². The van der Waals surface area contributed by atoms with E-state index in [1.54, 1.807) is 0 Å². The Hall–Kier alpha value is -0.480. The van der Waals surface area contributed by atoms with Crippen LogP contribution < -0.4 is 5.73 Å². The van der Waals surface area contributed by atoms with Crippen LogP contribution >= 0.6 is 11.3 Å². The molecule has 1 aliphatic rings. The van der Waals surface area contributed by atoms with Crippen molar-refractivity contribution in [1.82, 2.24) is 4.98 Å². The van der Waals surface area contributed by atoms with E-state index in [0.717, 1.165) is 10.7 Å². The first-order valence-electron chi connectivity index (χ1n) is 4.43. The van der Waals surface area contributed by atoms with Crippen LogP contribution in [0.1, 0.15) is 23.5 Å². The lowest BCUT2D eigenvalue weighted by Gasteiger charge is -2.38. The number of aryl methyl sites for hydroxylation is 1. The average molecular weight is 200 g/mol. The molecule has 0 radical (unpaired) electrons. The highest BCUT2D eigenvalue weighted by molar-refractivity contribution is 7.09. The first-order valence-corrected chi connectivity index (χ1v) is 5.31. The molecule has 1 aliphatic carbocycles. The molecule has 2 N–H and O–H groups in total. The molecule has 0 saturated heterocycles. The average Bonchev–Trinajstić information content (AvgIpc) is 2.32. The Bertz CT molecular complexity index is 304. The topological polar surface area (TPSA) is 38.9 Å². The van der Waals surface area contributed by atoms with Crippen LogP contribution in [0.2, 0.25) is 0 Å². The Labute approximate surface area is 81.0 Å². The molecule has 0 bridgehead atoms. The van der Waals surface area contributed by atoms with Crippen molar-refractivity contribution in [2.75, 3.05) is 0 Å². The third kappa shape index (κ3) is 1.89. The van der Waals surface area contributed by atoms with Gasteiger partial charge in [0.05, 0.1) is 5.01 Å². The summed E-state index contributed by atoms with van der Waals surface area (Å²) >= 11 is 1.53. The third-order valence-electron chi connectivity index (χ3n) is 2.39. The van der Waals surface area contributed by atoms with Crippen molar-refractivity contribution in [2.45, 2.75) is 37.9 Å². The van der Waals surface area contributed by atoms with Gasteiger partial charge >= 0.3 is 0 Å². The highest BCUT2D eigenvalue weighted by Gasteiger charge is 2.43. The number of hydrogen-bond donors (Lipinski definition) is 1. The minimum Gasteiger partial charge on any atom is -0.327 e. The van der Waals surface area contributed by atoms with E-state index in [1.807, 2.05) is 12.3 Å². The number of aromatic nitrogens is 1. The highest BCUT2D eigenvalue weighted by atomic mass is 32.1. The van der Waals surface area contributed by atoms with Crippen LogP contribution in [0.15, 0.2) is 5.38 Å². The number of nitrogens with zero attached hydrogens (tertiary/aromatic N) is 1. The van der Waals surface area contributed by atoms with E-state index in [0.29, 0.717) is 19.3 Å². The lowest BCUT2D eigenvalue weighted by atomic mass is 9.76. The summed E-state index contributed by atoms with van der Waals surface area (Å²) in [5.41, 5.74) is 5.47. The van der Waals surface area contributed by atoms with Crippen molar-refractivity contribution in [3.63, 3.8) is 0 Å². The smallest absolute Gasteiger partial charge is 0.120 e. The molecule has 2 nitrogen and oxygen atoms in total. The first-order chi connectivity index (χ1) is 6.07. The summed E-state index contributed by atoms with van der Waals surface area (Å²) in [4.78, 5) is 4.24. The monoisotopic (exact) mass is 200 g/mol. The number of alkyl halides is 1. The molecule has 1 fully saturated rings. The maximum Gasteiger partial charge on any atom is 0.120 e. The molecule has 0 aromatic carbocycles. The summed E-state index contributed by atoms with van der Waals surface area (Å²) in [6.07, 6.45) is 1.43. The number of nitrogens with two attached hydrogens (primary N) is 1. The Balaban J connectivity index is 1.99. The Kier molecular flexibility index (Phi) is 2.12. The summed E-state index contributed by atoms with van der Waals surface area (Å²) in [6.45, 7) is 1.93. The van der Waals surface area contributed by atoms with Crippen molar-refractivity contribution in [3.05, 3.63) is 16.1 Å². The number of thiazole rings is 1. The van der Waals surface area contributed by atoms with Gasteiger partial charge in [-0.15, -0.1) is 11.3 Å². The second kappa shape index (κ2) is 3.03. The molecule has 0 amide bonds. The van der Waals surface area contributed by atoms with Crippen molar-refractivity contribution in [2.24, 2.45) is 5.73 Å². The van der Waals surface area contributed by atoms with Gasteiger partial charge in [-0.3, -0.25) is 0 Å². The van der Waals surface area contributed by atoms with Crippen LogP contribution in [-0.2, 0) is 6.42 Å². The van der Waals surface area contributed by atoms with Gasteiger partial charge in [-0.2, -0.15) is 0 Å². The van der Waals surface area contributed by atoms with Crippen molar-refractivity contribution in [3.8, 4) is 0 Å². The fraction of sp³-hybridized carbons (Fsp3) is 0.667. The molecule has 0 unspecified atom stereocenters. The van der Waals surface area contributed by atoms with E-state index in [1.165, 1.54) is 11.3 Å². The van der Waals surface area contributed by atoms with Crippen LogP contribution in [0.3, 0.4) is 0 Å². The zero-order valence-electron chi connectivity index (χ0n) is 7.59. The van der Waals surface area contributed by atoms with Crippen LogP contribution in [0.25, 0.3) is 0 Å². The lowest BCUT2D eigenvalue weighted by Crippen LogP contribution is -2.49. The predicted molar refractivity (Wildman–Crippen MR) is 51.6 cm³/mol. The standard InChI is InChI=1S/C9H13FN2S/c1-6-5-13-8(12-6)4-9(10)2-7(11)3-9/h5,7H,2-4,11H2,1H3. The zero-order valence-corrected chi connectivity index (χ0v) is 8.40. The van der Waals surface area contributed by atoms with Crippen LogP contribution in [0, 0.1) is 6.92 Å². The summed E-state index contributed by atoms with van der Waals surface area (Å²) in [6, 6.07) is 0.0612. The molecular formula is C9H13FN2S.